The lowest BCUT2D eigenvalue weighted by Crippen LogP contribution is -2.51. The van der Waals surface area contributed by atoms with Crippen molar-refractivity contribution in [2.45, 2.75) is 6.42 Å². The molecule has 0 aliphatic carbocycles. The van der Waals surface area contributed by atoms with Crippen molar-refractivity contribution in [2.75, 3.05) is 26.2 Å². The zero-order valence-corrected chi connectivity index (χ0v) is 15.4. The molecule has 3 rings (SSSR count). The summed E-state index contributed by atoms with van der Waals surface area (Å²) in [6, 6.07) is 10.5. The Morgan fingerprint density at radius 1 is 0.923 bits per heavy atom. The van der Waals surface area contributed by atoms with Gasteiger partial charge in [-0.15, -0.1) is 0 Å². The Bertz CT molecular complexity index is 819. The summed E-state index contributed by atoms with van der Waals surface area (Å²) in [5.74, 6) is -0.571. The highest BCUT2D eigenvalue weighted by Crippen LogP contribution is 2.22. The number of carbonyl (C=O) groups excluding carboxylic acids is 2. The fraction of sp³-hybridized carbons (Fsp3) is 0.263. The summed E-state index contributed by atoms with van der Waals surface area (Å²) >= 11 is 12.0. The zero-order chi connectivity index (χ0) is 18.7. The van der Waals surface area contributed by atoms with Gasteiger partial charge in [0.1, 0.15) is 5.82 Å². The molecular formula is C19H17Cl2FN2O2. The predicted molar refractivity (Wildman–Crippen MR) is 99.0 cm³/mol. The van der Waals surface area contributed by atoms with E-state index in [0.29, 0.717) is 41.8 Å². The summed E-state index contributed by atoms with van der Waals surface area (Å²) < 4.78 is 13.0. The SMILES string of the molecule is O=C(Cc1ccc(Cl)cc1Cl)N1CCN(C(=O)c2ccc(F)cc2)CC1. The first-order valence-electron chi connectivity index (χ1n) is 8.20. The molecule has 4 nitrogen and oxygen atoms in total. The molecule has 7 heteroatoms. The van der Waals surface area contributed by atoms with Crippen LogP contribution in [0.1, 0.15) is 15.9 Å². The van der Waals surface area contributed by atoms with Crippen LogP contribution in [0.3, 0.4) is 0 Å². The molecule has 1 saturated heterocycles. The van der Waals surface area contributed by atoms with Crippen LogP contribution in [0.15, 0.2) is 42.5 Å². The van der Waals surface area contributed by atoms with Crippen LogP contribution in [0.25, 0.3) is 0 Å². The van der Waals surface area contributed by atoms with Crippen LogP contribution in [0.2, 0.25) is 10.0 Å². The van der Waals surface area contributed by atoms with Crippen molar-refractivity contribution in [1.82, 2.24) is 9.80 Å². The fourth-order valence-electron chi connectivity index (χ4n) is 2.87. The molecule has 0 radical (unpaired) electrons. The van der Waals surface area contributed by atoms with Crippen molar-refractivity contribution in [3.63, 3.8) is 0 Å². The van der Waals surface area contributed by atoms with Crippen LogP contribution in [0, 0.1) is 5.82 Å². The summed E-state index contributed by atoms with van der Waals surface area (Å²) in [6.45, 7) is 1.79. The topological polar surface area (TPSA) is 40.6 Å². The monoisotopic (exact) mass is 394 g/mol. The van der Waals surface area contributed by atoms with E-state index >= 15 is 0 Å². The lowest BCUT2D eigenvalue weighted by Gasteiger charge is -2.35. The molecular weight excluding hydrogens is 378 g/mol. The van der Waals surface area contributed by atoms with E-state index < -0.39 is 0 Å². The smallest absolute Gasteiger partial charge is 0.253 e. The van der Waals surface area contributed by atoms with Gasteiger partial charge >= 0.3 is 0 Å². The minimum absolute atomic E-state index is 0.0388. The number of hydrogen-bond donors (Lipinski definition) is 0. The van der Waals surface area contributed by atoms with Gasteiger partial charge in [-0.2, -0.15) is 0 Å². The molecule has 0 spiro atoms. The summed E-state index contributed by atoms with van der Waals surface area (Å²) in [4.78, 5) is 28.3. The molecule has 136 valence electrons. The predicted octanol–water partition coefficient (Wildman–Crippen LogP) is 3.66. The maximum absolute atomic E-state index is 13.0. The molecule has 0 atom stereocenters. The Kier molecular flexibility index (Phi) is 5.79. The Hall–Kier alpha value is -2.11. The van der Waals surface area contributed by atoms with Crippen LogP contribution < -0.4 is 0 Å². The highest BCUT2D eigenvalue weighted by atomic mass is 35.5. The third-order valence-corrected chi connectivity index (χ3v) is 4.95. The first-order valence-corrected chi connectivity index (χ1v) is 8.96. The van der Waals surface area contributed by atoms with E-state index in [4.69, 9.17) is 23.2 Å². The number of nitrogens with zero attached hydrogens (tertiary/aromatic N) is 2. The molecule has 2 amide bonds. The summed E-state index contributed by atoms with van der Waals surface area (Å²) in [5, 5.41) is 0.995. The average molecular weight is 395 g/mol. The summed E-state index contributed by atoms with van der Waals surface area (Å²) in [7, 11) is 0. The van der Waals surface area contributed by atoms with E-state index in [1.165, 1.54) is 24.3 Å². The highest BCUT2D eigenvalue weighted by molar-refractivity contribution is 6.35. The molecule has 1 heterocycles. The van der Waals surface area contributed by atoms with Crippen LogP contribution in [-0.2, 0) is 11.2 Å². The van der Waals surface area contributed by atoms with Crippen LogP contribution in [0.4, 0.5) is 4.39 Å². The van der Waals surface area contributed by atoms with Crippen molar-refractivity contribution >= 4 is 35.0 Å². The molecule has 2 aromatic rings. The third kappa shape index (κ3) is 4.34. The van der Waals surface area contributed by atoms with Crippen LogP contribution in [0.5, 0.6) is 0 Å². The minimum atomic E-state index is -0.377. The van der Waals surface area contributed by atoms with E-state index in [-0.39, 0.29) is 24.1 Å². The highest BCUT2D eigenvalue weighted by Gasteiger charge is 2.25. The van der Waals surface area contributed by atoms with Gasteiger partial charge in [-0.25, -0.2) is 4.39 Å². The molecule has 2 aromatic carbocycles. The lowest BCUT2D eigenvalue weighted by molar-refractivity contribution is -0.131. The molecule has 0 N–H and O–H groups in total. The molecule has 1 aliphatic rings. The molecule has 0 saturated carbocycles. The van der Waals surface area contributed by atoms with Crippen molar-refractivity contribution < 1.29 is 14.0 Å². The van der Waals surface area contributed by atoms with E-state index in [2.05, 4.69) is 0 Å². The Balaban J connectivity index is 1.56. The van der Waals surface area contributed by atoms with Crippen molar-refractivity contribution in [2.24, 2.45) is 0 Å². The van der Waals surface area contributed by atoms with Gasteiger partial charge in [0.05, 0.1) is 6.42 Å². The van der Waals surface area contributed by atoms with Crippen molar-refractivity contribution in [3.8, 4) is 0 Å². The third-order valence-electron chi connectivity index (χ3n) is 4.37. The molecule has 0 bridgehead atoms. The molecule has 1 aliphatic heterocycles. The van der Waals surface area contributed by atoms with Gasteiger partial charge < -0.3 is 9.80 Å². The quantitative estimate of drug-likeness (QED) is 0.796. The average Bonchev–Trinajstić information content (AvgIpc) is 2.64. The van der Waals surface area contributed by atoms with E-state index in [1.807, 2.05) is 0 Å². The zero-order valence-electron chi connectivity index (χ0n) is 13.9. The summed E-state index contributed by atoms with van der Waals surface area (Å²) in [5.41, 5.74) is 1.17. The Labute approximate surface area is 161 Å². The number of piperazine rings is 1. The number of hydrogen-bond acceptors (Lipinski definition) is 2. The normalized spacial score (nSPS) is 14.4. The fourth-order valence-corrected chi connectivity index (χ4v) is 3.35. The van der Waals surface area contributed by atoms with E-state index in [0.717, 1.165) is 5.56 Å². The number of amides is 2. The maximum atomic E-state index is 13.0. The van der Waals surface area contributed by atoms with Gasteiger partial charge in [0, 0.05) is 41.8 Å². The Morgan fingerprint density at radius 3 is 2.15 bits per heavy atom. The number of benzene rings is 2. The van der Waals surface area contributed by atoms with Gasteiger partial charge in [-0.3, -0.25) is 9.59 Å². The summed E-state index contributed by atoms with van der Waals surface area (Å²) in [6.07, 6.45) is 0.196. The van der Waals surface area contributed by atoms with Gasteiger partial charge in [0.15, 0.2) is 0 Å². The second-order valence-corrected chi connectivity index (χ2v) is 6.94. The number of carbonyl (C=O) groups is 2. The largest absolute Gasteiger partial charge is 0.339 e. The first-order chi connectivity index (χ1) is 12.4. The molecule has 0 unspecified atom stereocenters. The van der Waals surface area contributed by atoms with Gasteiger partial charge in [0.2, 0.25) is 5.91 Å². The van der Waals surface area contributed by atoms with Crippen molar-refractivity contribution in [3.05, 3.63) is 69.5 Å². The maximum Gasteiger partial charge on any atom is 0.253 e. The molecule has 1 fully saturated rings. The van der Waals surface area contributed by atoms with Gasteiger partial charge in [-0.1, -0.05) is 29.3 Å². The Morgan fingerprint density at radius 2 is 1.54 bits per heavy atom. The number of rotatable bonds is 3. The van der Waals surface area contributed by atoms with E-state index in [9.17, 15) is 14.0 Å². The second kappa shape index (κ2) is 8.06. The van der Waals surface area contributed by atoms with Crippen molar-refractivity contribution in [1.29, 1.82) is 0 Å². The first kappa shape index (κ1) is 18.7. The van der Waals surface area contributed by atoms with Crippen LogP contribution >= 0.6 is 23.2 Å². The number of halogens is 3. The molecule has 26 heavy (non-hydrogen) atoms. The van der Waals surface area contributed by atoms with Gasteiger partial charge in [0.25, 0.3) is 5.91 Å². The minimum Gasteiger partial charge on any atom is -0.339 e. The second-order valence-electron chi connectivity index (χ2n) is 6.09. The van der Waals surface area contributed by atoms with Crippen LogP contribution in [-0.4, -0.2) is 47.8 Å². The lowest BCUT2D eigenvalue weighted by atomic mass is 10.1. The van der Waals surface area contributed by atoms with E-state index in [1.54, 1.807) is 28.0 Å². The van der Waals surface area contributed by atoms with Gasteiger partial charge in [-0.05, 0) is 42.0 Å². The molecule has 0 aromatic heterocycles. The standard InChI is InChI=1S/C19H17Cl2FN2O2/c20-15-4-1-14(17(21)12-15)11-18(25)23-7-9-24(10-8-23)19(26)13-2-5-16(22)6-3-13/h1-6,12H,7-11H2.